The number of nitrogens with one attached hydrogen (secondary N) is 1. The molecule has 7 heteroatoms. The van der Waals surface area contributed by atoms with Crippen molar-refractivity contribution in [3.05, 3.63) is 82.1 Å². The number of carbonyl (C=O) groups is 2. The third-order valence-electron chi connectivity index (χ3n) is 7.98. The number of aryl methyl sites for hydroxylation is 1. The molecule has 212 valence electrons. The Kier molecular flexibility index (Phi) is 10.4. The summed E-state index contributed by atoms with van der Waals surface area (Å²) in [4.78, 5) is 23.5. The van der Waals surface area contributed by atoms with Crippen LogP contribution in [0.5, 0.6) is 0 Å². The van der Waals surface area contributed by atoms with Crippen LogP contribution in [0.1, 0.15) is 100 Å². The van der Waals surface area contributed by atoms with Crippen LogP contribution < -0.4 is 5.32 Å². The van der Waals surface area contributed by atoms with Crippen LogP contribution in [0.2, 0.25) is 0 Å². The van der Waals surface area contributed by atoms with Crippen LogP contribution in [0.15, 0.2) is 59.9 Å². The number of aliphatic hydroxyl groups excluding tert-OH is 1. The van der Waals surface area contributed by atoms with Gasteiger partial charge < -0.3 is 10.4 Å². The molecule has 1 saturated carbocycles. The summed E-state index contributed by atoms with van der Waals surface area (Å²) in [6.45, 7) is 7.17. The Morgan fingerprint density at radius 1 is 1.00 bits per heavy atom. The highest BCUT2D eigenvalue weighted by molar-refractivity contribution is 6.03. The van der Waals surface area contributed by atoms with E-state index in [9.17, 15) is 27.9 Å². The molecule has 0 aromatic heterocycles. The normalized spacial score (nSPS) is 21.4. The number of hydrogen-bond acceptors (Lipinski definition) is 3. The predicted octanol–water partition coefficient (Wildman–Crippen LogP) is 8.03. The lowest BCUT2D eigenvalue weighted by Crippen LogP contribution is -2.38. The number of halogens is 3. The fraction of sp³-hybridized carbons (Fsp3) is 0.500. The second-order valence-electron chi connectivity index (χ2n) is 11.0. The van der Waals surface area contributed by atoms with Crippen LogP contribution in [0, 0.1) is 5.92 Å². The van der Waals surface area contributed by atoms with Crippen molar-refractivity contribution in [1.29, 1.82) is 0 Å². The van der Waals surface area contributed by atoms with Gasteiger partial charge in [-0.2, -0.15) is 13.2 Å². The van der Waals surface area contributed by atoms with Gasteiger partial charge in [-0.1, -0.05) is 57.2 Å². The van der Waals surface area contributed by atoms with E-state index in [0.29, 0.717) is 18.3 Å². The van der Waals surface area contributed by atoms with Gasteiger partial charge >= 0.3 is 6.18 Å². The van der Waals surface area contributed by atoms with Crippen molar-refractivity contribution < 1.29 is 27.9 Å². The molecular formula is C32H40F3NO3. The number of Topliss-reactive ketones (excluding diaryl/α,β-unsaturated/α-hetero) is 1. The number of allylic oxidation sites excluding steroid dienone is 1. The van der Waals surface area contributed by atoms with Gasteiger partial charge in [0, 0.05) is 13.0 Å². The molecule has 2 N–H and O–H groups in total. The monoisotopic (exact) mass is 543 g/mol. The minimum atomic E-state index is -4.22. The van der Waals surface area contributed by atoms with Crippen LogP contribution in [0.3, 0.4) is 0 Å². The maximum absolute atomic E-state index is 12.6. The molecule has 0 heterocycles. The van der Waals surface area contributed by atoms with Crippen molar-refractivity contribution in [2.45, 2.75) is 96.7 Å². The number of rotatable bonds is 6. The predicted molar refractivity (Wildman–Crippen MR) is 148 cm³/mol. The molecule has 2 aliphatic rings. The summed E-state index contributed by atoms with van der Waals surface area (Å²) in [5.41, 5.74) is 3.03. The molecule has 1 amide bonds. The zero-order chi connectivity index (χ0) is 28.7. The maximum Gasteiger partial charge on any atom is 0.416 e. The highest BCUT2D eigenvalue weighted by Gasteiger charge is 2.33. The van der Waals surface area contributed by atoms with Gasteiger partial charge in [0.25, 0.3) is 5.91 Å². The second kappa shape index (κ2) is 13.3. The average Bonchev–Trinajstić information content (AvgIpc) is 3.34. The molecule has 1 atom stereocenters. The first-order valence-corrected chi connectivity index (χ1v) is 13.9. The maximum atomic E-state index is 12.6. The number of carbonyl (C=O) groups excluding carboxylic acids is 2. The van der Waals surface area contributed by atoms with E-state index >= 15 is 0 Å². The number of amides is 1. The molecule has 0 aliphatic heterocycles. The summed E-state index contributed by atoms with van der Waals surface area (Å²) in [6, 6.07) is 14.8. The quantitative estimate of drug-likeness (QED) is 0.286. The number of hydrogen-bond donors (Lipinski definition) is 2. The van der Waals surface area contributed by atoms with Gasteiger partial charge in [0.1, 0.15) is 0 Å². The largest absolute Gasteiger partial charge is 0.504 e. The topological polar surface area (TPSA) is 66.4 Å². The van der Waals surface area contributed by atoms with Gasteiger partial charge in [-0.25, -0.2) is 0 Å². The van der Waals surface area contributed by atoms with E-state index in [1.54, 1.807) is 13.0 Å². The summed E-state index contributed by atoms with van der Waals surface area (Å²) in [5.74, 6) is 0.0503. The zero-order valence-electron chi connectivity index (χ0n) is 23.3. The average molecular weight is 544 g/mol. The van der Waals surface area contributed by atoms with E-state index in [1.165, 1.54) is 24.6 Å². The molecule has 2 aromatic rings. The standard InChI is InChI=1S/C19H25NO3.C13H15F3/c1-3-17(18(22)13(2)21)19(23)20-16-11-9-15(10-12-16)14-7-5-4-6-8-14;1-8(2)11-6-4-9-3-5-10(7-12(9)11)13(14,15)16/h4-8,15-16,22H,3,9-12H2,1-2H3,(H,20,23);3,5,7-8,11H,4,6H2,1-2H3/b18-17-;. The highest BCUT2D eigenvalue weighted by atomic mass is 19.4. The lowest BCUT2D eigenvalue weighted by atomic mass is 9.81. The fourth-order valence-corrected chi connectivity index (χ4v) is 5.72. The van der Waals surface area contributed by atoms with Gasteiger partial charge in [0.2, 0.25) is 0 Å². The SMILES string of the molecule is CC(C)C1CCc2ccc(C(F)(F)F)cc21.CC/C(C(=O)NC1CCC(c2ccccc2)CC1)=C(/O)C(C)=O. The van der Waals surface area contributed by atoms with Crippen molar-refractivity contribution in [2.24, 2.45) is 5.92 Å². The summed E-state index contributed by atoms with van der Waals surface area (Å²) < 4.78 is 37.8. The molecule has 1 unspecified atom stereocenters. The third kappa shape index (κ3) is 7.96. The van der Waals surface area contributed by atoms with E-state index in [1.807, 2.05) is 6.07 Å². The Labute approximate surface area is 229 Å². The van der Waals surface area contributed by atoms with Crippen LogP contribution in [0.4, 0.5) is 13.2 Å². The lowest BCUT2D eigenvalue weighted by molar-refractivity contribution is -0.137. The molecule has 1 fully saturated rings. The summed E-state index contributed by atoms with van der Waals surface area (Å²) in [6.07, 6.45) is 1.93. The summed E-state index contributed by atoms with van der Waals surface area (Å²) in [7, 11) is 0. The minimum Gasteiger partial charge on any atom is -0.504 e. The molecule has 2 aliphatic carbocycles. The molecule has 39 heavy (non-hydrogen) atoms. The van der Waals surface area contributed by atoms with E-state index in [2.05, 4.69) is 43.4 Å². The number of alkyl halides is 3. The summed E-state index contributed by atoms with van der Waals surface area (Å²) >= 11 is 0. The Morgan fingerprint density at radius 3 is 2.18 bits per heavy atom. The Morgan fingerprint density at radius 2 is 1.64 bits per heavy atom. The number of fused-ring (bicyclic) bond motifs is 1. The van der Waals surface area contributed by atoms with Crippen LogP contribution in [-0.4, -0.2) is 22.8 Å². The fourth-order valence-electron chi connectivity index (χ4n) is 5.72. The van der Waals surface area contributed by atoms with E-state index in [4.69, 9.17) is 0 Å². The van der Waals surface area contributed by atoms with E-state index < -0.39 is 23.3 Å². The number of benzene rings is 2. The van der Waals surface area contributed by atoms with Crippen LogP contribution >= 0.6 is 0 Å². The first-order chi connectivity index (χ1) is 18.4. The summed E-state index contributed by atoms with van der Waals surface area (Å²) in [5, 5.41) is 12.7. The van der Waals surface area contributed by atoms with Gasteiger partial charge in [-0.05, 0) is 91.5 Å². The smallest absolute Gasteiger partial charge is 0.416 e. The Hall–Kier alpha value is -3.09. The Bertz CT molecular complexity index is 1160. The molecule has 0 radical (unpaired) electrons. The minimum absolute atomic E-state index is 0.115. The first kappa shape index (κ1) is 30.5. The molecule has 4 nitrogen and oxygen atoms in total. The molecule has 4 rings (SSSR count). The van der Waals surface area contributed by atoms with E-state index in [-0.39, 0.29) is 23.4 Å². The van der Waals surface area contributed by atoms with Gasteiger partial charge in [-0.15, -0.1) is 0 Å². The van der Waals surface area contributed by atoms with Crippen molar-refractivity contribution in [2.75, 3.05) is 0 Å². The molecule has 0 bridgehead atoms. The van der Waals surface area contributed by atoms with Gasteiger partial charge in [0.15, 0.2) is 11.5 Å². The second-order valence-corrected chi connectivity index (χ2v) is 11.0. The van der Waals surface area contributed by atoms with Crippen molar-refractivity contribution >= 4 is 11.7 Å². The lowest BCUT2D eigenvalue weighted by Gasteiger charge is -2.29. The molecule has 0 spiro atoms. The van der Waals surface area contributed by atoms with Crippen molar-refractivity contribution in [3.63, 3.8) is 0 Å². The van der Waals surface area contributed by atoms with Crippen LogP contribution in [-0.2, 0) is 22.2 Å². The third-order valence-corrected chi connectivity index (χ3v) is 7.98. The first-order valence-electron chi connectivity index (χ1n) is 13.9. The van der Waals surface area contributed by atoms with E-state index in [0.717, 1.165) is 49.7 Å². The molecule has 0 saturated heterocycles. The zero-order valence-corrected chi connectivity index (χ0v) is 23.3. The van der Waals surface area contributed by atoms with Gasteiger partial charge in [0.05, 0.1) is 11.1 Å². The molecule has 2 aromatic carbocycles. The van der Waals surface area contributed by atoms with Crippen molar-refractivity contribution in [1.82, 2.24) is 5.32 Å². The number of ketones is 1. The van der Waals surface area contributed by atoms with Crippen LogP contribution in [0.25, 0.3) is 0 Å². The van der Waals surface area contributed by atoms with Gasteiger partial charge in [-0.3, -0.25) is 9.59 Å². The van der Waals surface area contributed by atoms with Crippen molar-refractivity contribution in [3.8, 4) is 0 Å². The highest BCUT2D eigenvalue weighted by Crippen LogP contribution is 2.41. The Balaban J connectivity index is 0.000000230. The molecular weight excluding hydrogens is 503 g/mol. The number of aliphatic hydroxyl groups is 1.